The maximum absolute atomic E-state index is 15.6. The lowest BCUT2D eigenvalue weighted by molar-refractivity contribution is -0.119. The molecule has 3 fully saturated rings. The number of nitrogens with zero attached hydrogens (tertiary/aromatic N) is 4. The highest BCUT2D eigenvalue weighted by Gasteiger charge is 2.55. The highest BCUT2D eigenvalue weighted by atomic mass is 35.5. The summed E-state index contributed by atoms with van der Waals surface area (Å²) in [6.07, 6.45) is 7.19. The van der Waals surface area contributed by atoms with Crippen molar-refractivity contribution >= 4 is 33.3 Å². The molecule has 298 valence electrons. The fourth-order valence-corrected chi connectivity index (χ4v) is 12.4. The number of fused-ring (bicyclic) bond motifs is 7. The number of halogens is 2. The number of morpholine rings is 1. The molecule has 14 heteroatoms. The maximum atomic E-state index is 15.6. The van der Waals surface area contributed by atoms with E-state index in [-0.39, 0.29) is 40.2 Å². The molecule has 2 saturated heterocycles. The van der Waals surface area contributed by atoms with Crippen molar-refractivity contribution in [1.29, 1.82) is 0 Å². The third-order valence-electron chi connectivity index (χ3n) is 14.6. The minimum absolute atomic E-state index is 0.00810. The highest BCUT2D eigenvalue weighted by molar-refractivity contribution is 7.90. The summed E-state index contributed by atoms with van der Waals surface area (Å²) in [6, 6.07) is 7.21. The SMILES string of the molecule is CO[C@@]1(CN2CCN3CCOC[C@@H]3C2)C2=C[C@@H](C2)[C@H](C)[C@@H](C)S(=O)(=O)NC(=O)c2ccc3c(n2)N(C[C@@H]2CC[C@H]21)C[C@@]1(CCCc2c1ccc(Cl)c2F)CO3. The van der Waals surface area contributed by atoms with Gasteiger partial charge >= 0.3 is 0 Å². The summed E-state index contributed by atoms with van der Waals surface area (Å²) in [6.45, 7) is 11.2. The van der Waals surface area contributed by atoms with E-state index in [1.165, 1.54) is 11.6 Å². The van der Waals surface area contributed by atoms with Crippen molar-refractivity contribution in [1.82, 2.24) is 19.5 Å². The second-order valence-electron chi connectivity index (χ2n) is 17.3. The fourth-order valence-electron chi connectivity index (χ4n) is 11.0. The van der Waals surface area contributed by atoms with E-state index in [0.717, 1.165) is 83.6 Å². The lowest BCUT2D eigenvalue weighted by Gasteiger charge is -2.56. The van der Waals surface area contributed by atoms with Crippen molar-refractivity contribution in [3.05, 3.63) is 63.6 Å². The van der Waals surface area contributed by atoms with Crippen molar-refractivity contribution in [3.8, 4) is 5.75 Å². The van der Waals surface area contributed by atoms with Gasteiger partial charge in [0.05, 0.1) is 30.1 Å². The van der Waals surface area contributed by atoms with Gasteiger partial charge in [-0.2, -0.15) is 0 Å². The number of piperazine rings is 1. The zero-order valence-electron chi connectivity index (χ0n) is 32.1. The van der Waals surface area contributed by atoms with Crippen LogP contribution in [0.25, 0.3) is 0 Å². The Bertz CT molecular complexity index is 2000. The number of hydrogen-bond donors (Lipinski definition) is 1. The number of rotatable bonds is 3. The number of methoxy groups -OCH3 is 1. The number of amides is 1. The number of nitrogens with one attached hydrogen (secondary N) is 1. The summed E-state index contributed by atoms with van der Waals surface area (Å²) in [5.41, 5.74) is 1.68. The average molecular weight is 798 g/mol. The number of pyridine rings is 1. The van der Waals surface area contributed by atoms with Gasteiger partial charge in [-0.25, -0.2) is 22.5 Å². The van der Waals surface area contributed by atoms with Gasteiger partial charge in [0.1, 0.15) is 17.1 Å². The number of sulfonamides is 1. The van der Waals surface area contributed by atoms with Crippen molar-refractivity contribution in [2.75, 3.05) is 77.6 Å². The first kappa shape index (κ1) is 37.7. The summed E-state index contributed by atoms with van der Waals surface area (Å²) in [7, 11) is -2.19. The van der Waals surface area contributed by atoms with E-state index >= 15 is 4.39 Å². The Balaban J connectivity index is 1.13. The smallest absolute Gasteiger partial charge is 0.283 e. The number of anilines is 1. The predicted octanol–water partition coefficient (Wildman–Crippen LogP) is 4.82. The predicted molar refractivity (Wildman–Crippen MR) is 208 cm³/mol. The maximum Gasteiger partial charge on any atom is 0.283 e. The van der Waals surface area contributed by atoms with Crippen LogP contribution in [0.4, 0.5) is 10.2 Å². The molecule has 8 atom stereocenters. The molecule has 5 aliphatic heterocycles. The number of hydrogen-bond acceptors (Lipinski definition) is 10. The van der Waals surface area contributed by atoms with E-state index in [2.05, 4.69) is 25.5 Å². The van der Waals surface area contributed by atoms with Crippen molar-refractivity contribution in [2.24, 2.45) is 23.7 Å². The molecule has 1 amide bonds. The van der Waals surface area contributed by atoms with Gasteiger partial charge in [-0.15, -0.1) is 0 Å². The van der Waals surface area contributed by atoms with Gasteiger partial charge in [0.2, 0.25) is 10.0 Å². The van der Waals surface area contributed by atoms with Gasteiger partial charge in [-0.05, 0) is 104 Å². The van der Waals surface area contributed by atoms with Gasteiger partial charge in [-0.3, -0.25) is 14.6 Å². The second kappa shape index (κ2) is 14.2. The van der Waals surface area contributed by atoms with Crippen LogP contribution in [0.2, 0.25) is 5.02 Å². The van der Waals surface area contributed by atoms with Crippen LogP contribution in [0.15, 0.2) is 35.9 Å². The minimum atomic E-state index is -4.04. The number of benzene rings is 1. The van der Waals surface area contributed by atoms with E-state index in [0.29, 0.717) is 49.3 Å². The number of carbonyl (C=O) groups is 1. The lowest BCUT2D eigenvalue weighted by Crippen LogP contribution is -2.64. The first-order valence-electron chi connectivity index (χ1n) is 20.1. The standard InChI is InChI=1S/C41H53ClFN5O6S/c1-25-26(2)55(50,51)45-39(49)35-10-11-36-38(44-35)48(22-40(24-54-36)12-4-5-31-33(40)8-9-34(42)37(31)43)19-27-6-7-32(27)41(52-3,29-17-28(25)18-29)23-46-13-14-47-15-16-53-21-30(47)20-46/h8-11,17,25-28,30,32H,4-7,12-16,18-24H2,1-3H3,(H,45,49)/t25-,26-,27+,28+,30+,32-,40+,41+/m1/s1. The van der Waals surface area contributed by atoms with Crippen LogP contribution in [-0.4, -0.2) is 119 Å². The molecule has 1 saturated carbocycles. The molecule has 4 bridgehead atoms. The van der Waals surface area contributed by atoms with E-state index in [9.17, 15) is 13.2 Å². The fraction of sp³-hybridized carbons (Fsp3) is 0.659. The monoisotopic (exact) mass is 797 g/mol. The first-order chi connectivity index (χ1) is 26.4. The van der Waals surface area contributed by atoms with Crippen LogP contribution in [-0.2, 0) is 31.3 Å². The number of allylic oxidation sites excluding steroid dienone is 1. The molecule has 55 heavy (non-hydrogen) atoms. The molecule has 2 aromatic rings. The van der Waals surface area contributed by atoms with E-state index in [4.69, 9.17) is 30.8 Å². The average Bonchev–Trinajstić information content (AvgIpc) is 3.29. The largest absolute Gasteiger partial charge is 0.489 e. The van der Waals surface area contributed by atoms with Crippen LogP contribution in [0.3, 0.4) is 0 Å². The molecule has 3 aliphatic carbocycles. The van der Waals surface area contributed by atoms with Crippen LogP contribution in [0, 0.1) is 29.5 Å². The van der Waals surface area contributed by atoms with Crippen molar-refractivity contribution in [2.45, 2.75) is 74.7 Å². The van der Waals surface area contributed by atoms with E-state index in [1.54, 1.807) is 19.1 Å². The third-order valence-corrected chi connectivity index (χ3v) is 16.8. The zero-order valence-corrected chi connectivity index (χ0v) is 33.6. The van der Waals surface area contributed by atoms with Crippen LogP contribution in [0.1, 0.15) is 67.6 Å². The molecular weight excluding hydrogens is 745 g/mol. The van der Waals surface area contributed by atoms with Gasteiger partial charge in [0, 0.05) is 64.4 Å². The van der Waals surface area contributed by atoms with Gasteiger partial charge < -0.3 is 19.1 Å². The van der Waals surface area contributed by atoms with Crippen LogP contribution in [0.5, 0.6) is 5.75 Å². The normalized spacial score (nSPS) is 36.1. The Morgan fingerprint density at radius 2 is 1.96 bits per heavy atom. The summed E-state index contributed by atoms with van der Waals surface area (Å²) in [5.74, 6) is 0.125. The molecule has 1 aromatic heterocycles. The van der Waals surface area contributed by atoms with Crippen molar-refractivity contribution in [3.63, 3.8) is 0 Å². The number of ether oxygens (including phenoxy) is 3. The Morgan fingerprint density at radius 3 is 2.75 bits per heavy atom. The summed E-state index contributed by atoms with van der Waals surface area (Å²) in [5, 5.41) is -0.700. The van der Waals surface area contributed by atoms with Gasteiger partial charge in [-0.1, -0.05) is 30.7 Å². The molecule has 1 aromatic carbocycles. The van der Waals surface area contributed by atoms with Crippen LogP contribution >= 0.6 is 11.6 Å². The lowest BCUT2D eigenvalue weighted by atomic mass is 9.58. The Hall–Kier alpha value is -2.81. The molecule has 11 nitrogen and oxygen atoms in total. The minimum Gasteiger partial charge on any atom is -0.489 e. The third kappa shape index (κ3) is 6.39. The molecule has 8 aliphatic rings. The van der Waals surface area contributed by atoms with Crippen LogP contribution < -0.4 is 14.4 Å². The zero-order chi connectivity index (χ0) is 38.3. The van der Waals surface area contributed by atoms with Gasteiger partial charge in [0.15, 0.2) is 11.6 Å². The topological polar surface area (TPSA) is 114 Å². The summed E-state index contributed by atoms with van der Waals surface area (Å²) < 4.78 is 64.8. The molecular formula is C41H53ClFN5O6S. The molecule has 6 heterocycles. The number of aromatic nitrogens is 1. The molecule has 10 rings (SSSR count). The summed E-state index contributed by atoms with van der Waals surface area (Å²) >= 11 is 6.31. The number of carbonyl (C=O) groups excluding carboxylic acids is 1. The molecule has 0 unspecified atom stereocenters. The summed E-state index contributed by atoms with van der Waals surface area (Å²) in [4.78, 5) is 25.9. The molecule has 1 N–H and O–H groups in total. The van der Waals surface area contributed by atoms with E-state index < -0.39 is 32.2 Å². The second-order valence-corrected chi connectivity index (χ2v) is 19.8. The van der Waals surface area contributed by atoms with E-state index in [1.807, 2.05) is 20.1 Å². The highest BCUT2D eigenvalue weighted by Crippen LogP contribution is 2.54. The first-order valence-corrected chi connectivity index (χ1v) is 22.1. The Morgan fingerprint density at radius 1 is 1.13 bits per heavy atom. The van der Waals surface area contributed by atoms with Gasteiger partial charge in [0.25, 0.3) is 5.91 Å². The molecule has 1 spiro atoms. The Kier molecular flexibility index (Phi) is 9.77. The van der Waals surface area contributed by atoms with Crippen molar-refractivity contribution < 1.29 is 31.8 Å². The molecule has 0 radical (unpaired) electrons. The Labute approximate surface area is 328 Å². The quantitative estimate of drug-likeness (QED) is 0.434.